The van der Waals surface area contributed by atoms with Crippen LogP contribution in [-0.4, -0.2) is 152 Å². The van der Waals surface area contributed by atoms with Crippen molar-refractivity contribution in [2.75, 3.05) is 47.9 Å². The smallest absolute Gasteiger partial charge is 0.229 e. The Balaban J connectivity index is 0.942. The van der Waals surface area contributed by atoms with Crippen molar-refractivity contribution >= 4 is 67.9 Å². The van der Waals surface area contributed by atoms with Gasteiger partial charge >= 0.3 is 0 Å². The van der Waals surface area contributed by atoms with Gasteiger partial charge in [-0.1, -0.05) is 55.0 Å². The largest absolute Gasteiger partial charge is 0.461 e. The Morgan fingerprint density at radius 3 is 1.32 bits per heavy atom. The van der Waals surface area contributed by atoms with E-state index in [2.05, 4.69) is 0 Å². The Hall–Kier alpha value is -3.88. The van der Waals surface area contributed by atoms with Crippen LogP contribution in [0.5, 0.6) is 11.5 Å². The summed E-state index contributed by atoms with van der Waals surface area (Å²) < 4.78 is 23.5. The molecule has 0 unspecified atom stereocenters. The van der Waals surface area contributed by atoms with E-state index in [4.69, 9.17) is 42.1 Å². The van der Waals surface area contributed by atoms with Gasteiger partial charge in [0.25, 0.3) is 0 Å². The molecule has 2 saturated heterocycles. The van der Waals surface area contributed by atoms with Crippen molar-refractivity contribution in [2.45, 2.75) is 105 Å². The van der Waals surface area contributed by atoms with Crippen LogP contribution in [0.15, 0.2) is 60.7 Å². The number of carbonyl (C=O) groups excluding carboxylic acids is 2. The van der Waals surface area contributed by atoms with Crippen LogP contribution < -0.4 is 19.3 Å². The quantitative estimate of drug-likeness (QED) is 0.0670. The summed E-state index contributed by atoms with van der Waals surface area (Å²) in [7, 11) is 0. The van der Waals surface area contributed by atoms with E-state index in [0.717, 1.165) is 21.9 Å². The van der Waals surface area contributed by atoms with Crippen LogP contribution in [0.1, 0.15) is 55.1 Å². The highest BCUT2D eigenvalue weighted by Gasteiger charge is 2.47. The molecule has 0 radical (unpaired) electrons. The number of aliphatic hydroxyl groups excluding tert-OH is 8. The fourth-order valence-electron chi connectivity index (χ4n) is 9.32. The molecule has 4 aromatic rings. The minimum Gasteiger partial charge on any atom is -0.461 e. The van der Waals surface area contributed by atoms with Gasteiger partial charge in [0.05, 0.1) is 24.6 Å². The molecule has 4 aliphatic heterocycles. The van der Waals surface area contributed by atoms with Crippen molar-refractivity contribution in [2.24, 2.45) is 0 Å². The summed E-state index contributed by atoms with van der Waals surface area (Å²) in [5.74, 6) is 0.350. The normalized spacial score (nSPS) is 30.4. The summed E-state index contributed by atoms with van der Waals surface area (Å²) in [6, 6.07) is 18.1. The molecule has 0 saturated carbocycles. The molecule has 2 amide bonds. The summed E-state index contributed by atoms with van der Waals surface area (Å²) in [6.45, 7) is -0.572. The third-order valence-electron chi connectivity index (χ3n) is 12.7. The van der Waals surface area contributed by atoms with Gasteiger partial charge in [0, 0.05) is 72.4 Å². The predicted molar refractivity (Wildman–Crippen MR) is 231 cm³/mol. The molecule has 0 spiro atoms. The van der Waals surface area contributed by atoms with Gasteiger partial charge in [-0.3, -0.25) is 9.59 Å². The number of hydrogen-bond donors (Lipinski definition) is 8. The first-order valence-electron chi connectivity index (χ1n) is 21.2. The zero-order valence-electron chi connectivity index (χ0n) is 34.2. The molecule has 2 fully saturated rings. The third kappa shape index (κ3) is 8.57. The highest BCUT2D eigenvalue weighted by molar-refractivity contribution is 6.19. The number of carbonyl (C=O) groups is 2. The molecule has 0 aliphatic carbocycles. The van der Waals surface area contributed by atoms with Crippen LogP contribution in [0.3, 0.4) is 0 Å². The third-order valence-corrected chi connectivity index (χ3v) is 13.4. The lowest BCUT2D eigenvalue weighted by Gasteiger charge is -2.39. The molecule has 4 aromatic carbocycles. The molecular weight excluding hydrogens is 863 g/mol. The maximum absolute atomic E-state index is 13.9. The number of fused-ring (bicyclic) bond motifs is 6. The standard InChI is InChI=1S/C45H52Cl2N2O14/c46-16-22-18-48(28-14-30(24-8-4-6-10-26(24)36(22)28)60-44-42(58)40(56)38(54)32(20-50)62-44)34(52)12-2-1-3-13-35(53)49-19-23(17-47)37-27-11-7-5-9-25(27)31(15-29(37)49)61-45-43(59)41(57)39(55)33(21-51)63-45/h4-11,14-15,22-23,32-33,38-45,50-51,54-59H,1-3,12-13,16-21H2/t22-,23-,32-,33-,38+,39+,40+,41+,42-,43-,44-,45-/m1/s1. The van der Waals surface area contributed by atoms with Gasteiger partial charge < -0.3 is 69.6 Å². The molecule has 16 nitrogen and oxygen atoms in total. The van der Waals surface area contributed by atoms with Crippen molar-refractivity contribution < 1.29 is 69.4 Å². The summed E-state index contributed by atoms with van der Waals surface area (Å²) in [5, 5.41) is 85.1. The van der Waals surface area contributed by atoms with Crippen LogP contribution in [0.25, 0.3) is 21.5 Å². The van der Waals surface area contributed by atoms with E-state index in [1.807, 2.05) is 48.5 Å². The SMILES string of the molecule is O=C(CCCCCC(=O)N1C[C@@H](CCl)c2c1cc(O[C@@H]1O[C@H](CO)[C@H](O)[C@H](O)[C@H]1O)c1ccccc21)N1C[C@@H](CCl)c2c1cc(O[C@@H]1O[C@H](CO)[C@H](O)[C@H](O)[C@H]1O)c1ccccc21. The lowest BCUT2D eigenvalue weighted by Crippen LogP contribution is -2.60. The maximum atomic E-state index is 13.9. The fraction of sp³-hybridized carbons (Fsp3) is 0.511. The molecule has 0 bridgehead atoms. The predicted octanol–water partition coefficient (Wildman–Crippen LogP) is 2.34. The number of alkyl halides is 2. The summed E-state index contributed by atoms with van der Waals surface area (Å²) in [5.41, 5.74) is 2.92. The van der Waals surface area contributed by atoms with Crippen molar-refractivity contribution in [3.8, 4) is 11.5 Å². The molecular formula is C45H52Cl2N2O14. The van der Waals surface area contributed by atoms with Gasteiger partial charge in [-0.05, 0) is 34.7 Å². The topological polar surface area (TPSA) is 239 Å². The van der Waals surface area contributed by atoms with Crippen LogP contribution in [0.4, 0.5) is 11.4 Å². The van der Waals surface area contributed by atoms with Crippen LogP contribution in [0, 0.1) is 0 Å². The summed E-state index contributed by atoms with van der Waals surface area (Å²) in [6.07, 6.45) is -12.9. The van der Waals surface area contributed by atoms with E-state index in [9.17, 15) is 50.4 Å². The van der Waals surface area contributed by atoms with Crippen molar-refractivity contribution in [1.82, 2.24) is 0 Å². The highest BCUT2D eigenvalue weighted by Crippen LogP contribution is 2.48. The zero-order valence-corrected chi connectivity index (χ0v) is 35.7. The van der Waals surface area contributed by atoms with E-state index in [0.29, 0.717) is 54.5 Å². The van der Waals surface area contributed by atoms with E-state index in [-0.39, 0.29) is 59.8 Å². The van der Waals surface area contributed by atoms with E-state index in [1.54, 1.807) is 21.9 Å². The molecule has 4 heterocycles. The lowest BCUT2D eigenvalue weighted by molar-refractivity contribution is -0.277. The van der Waals surface area contributed by atoms with Gasteiger partial charge in [-0.2, -0.15) is 0 Å². The maximum Gasteiger partial charge on any atom is 0.229 e. The number of ether oxygens (including phenoxy) is 4. The molecule has 8 N–H and O–H groups in total. The van der Waals surface area contributed by atoms with Gasteiger partial charge in [0.15, 0.2) is 0 Å². The second kappa shape index (κ2) is 19.3. The zero-order chi connectivity index (χ0) is 44.7. The number of benzene rings is 4. The Bertz CT molecular complexity index is 2140. The molecule has 12 atom stereocenters. The van der Waals surface area contributed by atoms with Gasteiger partial charge in [0.1, 0.15) is 60.3 Å². The number of nitrogens with zero attached hydrogens (tertiary/aromatic N) is 2. The monoisotopic (exact) mass is 914 g/mol. The van der Waals surface area contributed by atoms with Crippen LogP contribution in [-0.2, 0) is 19.1 Å². The molecule has 340 valence electrons. The molecule has 8 rings (SSSR count). The number of aliphatic hydroxyl groups is 8. The average molecular weight is 916 g/mol. The van der Waals surface area contributed by atoms with Gasteiger partial charge in [0.2, 0.25) is 24.4 Å². The first-order chi connectivity index (χ1) is 30.4. The molecule has 4 aliphatic rings. The fourth-order valence-corrected chi connectivity index (χ4v) is 9.83. The summed E-state index contributed by atoms with van der Waals surface area (Å²) >= 11 is 13.0. The first-order valence-corrected chi connectivity index (χ1v) is 22.3. The second-order valence-corrected chi connectivity index (χ2v) is 17.2. The van der Waals surface area contributed by atoms with Gasteiger partial charge in [-0.25, -0.2) is 0 Å². The van der Waals surface area contributed by atoms with Crippen molar-refractivity contribution in [1.29, 1.82) is 0 Å². The molecule has 63 heavy (non-hydrogen) atoms. The van der Waals surface area contributed by atoms with E-state index >= 15 is 0 Å². The second-order valence-electron chi connectivity index (χ2n) is 16.6. The lowest BCUT2D eigenvalue weighted by atomic mass is 9.95. The minimum absolute atomic E-state index is 0.151. The minimum atomic E-state index is -1.63. The Kier molecular flexibility index (Phi) is 14.0. The van der Waals surface area contributed by atoms with Crippen LogP contribution in [0.2, 0.25) is 0 Å². The summed E-state index contributed by atoms with van der Waals surface area (Å²) in [4.78, 5) is 31.2. The Labute approximate surface area is 372 Å². The first kappa shape index (κ1) is 45.7. The average Bonchev–Trinajstić information content (AvgIpc) is 3.88. The Morgan fingerprint density at radius 1 is 0.571 bits per heavy atom. The number of anilines is 2. The molecule has 18 heteroatoms. The van der Waals surface area contributed by atoms with Crippen molar-refractivity contribution in [3.63, 3.8) is 0 Å². The van der Waals surface area contributed by atoms with Crippen LogP contribution >= 0.6 is 23.2 Å². The number of halogens is 2. The number of hydrogen-bond acceptors (Lipinski definition) is 14. The van der Waals surface area contributed by atoms with E-state index < -0.39 is 74.6 Å². The van der Waals surface area contributed by atoms with E-state index in [1.165, 1.54) is 0 Å². The van der Waals surface area contributed by atoms with Crippen molar-refractivity contribution in [3.05, 3.63) is 71.8 Å². The number of rotatable bonds is 14. The Morgan fingerprint density at radius 2 is 0.952 bits per heavy atom. The van der Waals surface area contributed by atoms with Gasteiger partial charge in [-0.15, -0.1) is 23.2 Å². The highest BCUT2D eigenvalue weighted by atomic mass is 35.5. The number of unbranched alkanes of at least 4 members (excludes halogenated alkanes) is 2. The molecule has 0 aromatic heterocycles. The number of amides is 2.